The Morgan fingerprint density at radius 3 is 2.84 bits per heavy atom. The summed E-state index contributed by atoms with van der Waals surface area (Å²) >= 11 is 0. The fraction of sp³-hybridized carbons (Fsp3) is 0.500. The van der Waals surface area contributed by atoms with E-state index < -0.39 is 0 Å². The van der Waals surface area contributed by atoms with E-state index in [1.165, 1.54) is 12.0 Å². The number of carbonyl (C=O) groups excluding carboxylic acids is 1. The number of hydrogen-bond acceptors (Lipinski definition) is 3. The van der Waals surface area contributed by atoms with E-state index in [0.29, 0.717) is 11.5 Å². The SMILES string of the molecule is CCn1cc(C(=O)NCC[C@H]2CCN(Cc3ccccc3)C2)c(C)n1. The lowest BCUT2D eigenvalue weighted by Crippen LogP contribution is -2.27. The Kier molecular flexibility index (Phi) is 5.87. The number of benzene rings is 1. The Labute approximate surface area is 150 Å². The van der Waals surface area contributed by atoms with Gasteiger partial charge in [-0.2, -0.15) is 5.10 Å². The van der Waals surface area contributed by atoms with Gasteiger partial charge in [0.1, 0.15) is 0 Å². The van der Waals surface area contributed by atoms with Crippen molar-refractivity contribution in [3.05, 3.63) is 53.3 Å². The molecular formula is C20H28N4O. The molecule has 2 heterocycles. The number of hydrogen-bond donors (Lipinski definition) is 1. The summed E-state index contributed by atoms with van der Waals surface area (Å²) in [7, 11) is 0. The predicted molar refractivity (Wildman–Crippen MR) is 99.4 cm³/mol. The third-order valence-electron chi connectivity index (χ3n) is 4.97. The number of rotatable bonds is 7. The van der Waals surface area contributed by atoms with Crippen LogP contribution in [0.1, 0.15) is 41.4 Å². The minimum Gasteiger partial charge on any atom is -0.352 e. The van der Waals surface area contributed by atoms with E-state index >= 15 is 0 Å². The van der Waals surface area contributed by atoms with Gasteiger partial charge in [0.05, 0.1) is 11.3 Å². The van der Waals surface area contributed by atoms with Crippen molar-refractivity contribution in [2.45, 2.75) is 39.8 Å². The first-order valence-corrected chi connectivity index (χ1v) is 9.24. The molecule has 1 amide bonds. The number of carbonyl (C=O) groups is 1. The molecular weight excluding hydrogens is 312 g/mol. The molecule has 5 heteroatoms. The minimum absolute atomic E-state index is 0.00339. The van der Waals surface area contributed by atoms with E-state index in [1.54, 1.807) is 0 Å². The van der Waals surface area contributed by atoms with Crippen LogP contribution in [0.25, 0.3) is 0 Å². The molecule has 1 saturated heterocycles. The van der Waals surface area contributed by atoms with Gasteiger partial charge in [0.25, 0.3) is 5.91 Å². The smallest absolute Gasteiger partial charge is 0.254 e. The van der Waals surface area contributed by atoms with Crippen LogP contribution >= 0.6 is 0 Å². The highest BCUT2D eigenvalue weighted by atomic mass is 16.1. The summed E-state index contributed by atoms with van der Waals surface area (Å²) in [6, 6.07) is 10.6. The molecule has 1 aromatic heterocycles. The topological polar surface area (TPSA) is 50.2 Å². The van der Waals surface area contributed by atoms with E-state index in [0.717, 1.165) is 44.8 Å². The second kappa shape index (κ2) is 8.30. The highest BCUT2D eigenvalue weighted by molar-refractivity contribution is 5.94. The fourth-order valence-corrected chi connectivity index (χ4v) is 3.52. The molecule has 1 N–H and O–H groups in total. The molecule has 3 rings (SSSR count). The van der Waals surface area contributed by atoms with Crippen LogP contribution in [-0.4, -0.2) is 40.2 Å². The molecule has 0 aliphatic carbocycles. The lowest BCUT2D eigenvalue weighted by molar-refractivity contribution is 0.0950. The second-order valence-electron chi connectivity index (χ2n) is 6.90. The zero-order valence-electron chi connectivity index (χ0n) is 15.2. The number of nitrogens with one attached hydrogen (secondary N) is 1. The monoisotopic (exact) mass is 340 g/mol. The molecule has 0 spiro atoms. The van der Waals surface area contributed by atoms with Crippen molar-refractivity contribution in [1.82, 2.24) is 20.0 Å². The van der Waals surface area contributed by atoms with Crippen molar-refractivity contribution in [2.75, 3.05) is 19.6 Å². The highest BCUT2D eigenvalue weighted by Gasteiger charge is 2.22. The first-order valence-electron chi connectivity index (χ1n) is 9.24. The number of amides is 1. The van der Waals surface area contributed by atoms with E-state index in [-0.39, 0.29) is 5.91 Å². The summed E-state index contributed by atoms with van der Waals surface area (Å²) in [6.07, 6.45) is 4.09. The molecule has 1 aliphatic heterocycles. The lowest BCUT2D eigenvalue weighted by Gasteiger charge is -2.16. The average Bonchev–Trinajstić information content (AvgIpc) is 3.22. The molecule has 0 saturated carbocycles. The molecule has 134 valence electrons. The Morgan fingerprint density at radius 1 is 1.32 bits per heavy atom. The molecule has 2 aromatic rings. The minimum atomic E-state index is -0.00339. The van der Waals surface area contributed by atoms with Crippen LogP contribution < -0.4 is 5.32 Å². The van der Waals surface area contributed by atoms with Crippen LogP contribution in [0.2, 0.25) is 0 Å². The van der Waals surface area contributed by atoms with Crippen LogP contribution in [0.4, 0.5) is 0 Å². The van der Waals surface area contributed by atoms with Gasteiger partial charge in [0.2, 0.25) is 0 Å². The Balaban J connectivity index is 1.41. The van der Waals surface area contributed by atoms with Gasteiger partial charge < -0.3 is 5.32 Å². The van der Waals surface area contributed by atoms with Crippen LogP contribution in [-0.2, 0) is 13.1 Å². The quantitative estimate of drug-likeness (QED) is 0.843. The molecule has 25 heavy (non-hydrogen) atoms. The number of nitrogens with zero attached hydrogens (tertiary/aromatic N) is 3. The maximum atomic E-state index is 12.3. The van der Waals surface area contributed by atoms with Gasteiger partial charge in [-0.3, -0.25) is 14.4 Å². The number of aromatic nitrogens is 2. The van der Waals surface area contributed by atoms with E-state index in [4.69, 9.17) is 0 Å². The molecule has 1 aliphatic rings. The van der Waals surface area contributed by atoms with Crippen LogP contribution in [0.5, 0.6) is 0 Å². The summed E-state index contributed by atoms with van der Waals surface area (Å²) in [5.41, 5.74) is 2.87. The van der Waals surface area contributed by atoms with Crippen molar-refractivity contribution in [1.29, 1.82) is 0 Å². The maximum Gasteiger partial charge on any atom is 0.254 e. The molecule has 1 aromatic carbocycles. The standard InChI is InChI=1S/C20H28N4O/c1-3-24-15-19(16(2)22-24)20(25)21-11-9-18-10-12-23(14-18)13-17-7-5-4-6-8-17/h4-8,15,18H,3,9-14H2,1-2H3,(H,21,25)/t18-/m0/s1. The Morgan fingerprint density at radius 2 is 2.12 bits per heavy atom. The third kappa shape index (κ3) is 4.69. The third-order valence-corrected chi connectivity index (χ3v) is 4.97. The largest absolute Gasteiger partial charge is 0.352 e. The Hall–Kier alpha value is -2.14. The van der Waals surface area contributed by atoms with Gasteiger partial charge in [-0.15, -0.1) is 0 Å². The molecule has 1 atom stereocenters. The summed E-state index contributed by atoms with van der Waals surface area (Å²) in [5, 5.41) is 7.39. The fourth-order valence-electron chi connectivity index (χ4n) is 3.52. The van der Waals surface area contributed by atoms with Crippen molar-refractivity contribution >= 4 is 5.91 Å². The average molecular weight is 340 g/mol. The molecule has 0 radical (unpaired) electrons. The van der Waals surface area contributed by atoms with Gasteiger partial charge in [-0.25, -0.2) is 0 Å². The van der Waals surface area contributed by atoms with Crippen molar-refractivity contribution in [3.63, 3.8) is 0 Å². The van der Waals surface area contributed by atoms with Crippen molar-refractivity contribution in [3.8, 4) is 0 Å². The van der Waals surface area contributed by atoms with Crippen molar-refractivity contribution in [2.24, 2.45) is 5.92 Å². The van der Waals surface area contributed by atoms with Gasteiger partial charge in [-0.1, -0.05) is 30.3 Å². The van der Waals surface area contributed by atoms with Gasteiger partial charge in [-0.05, 0) is 44.7 Å². The molecule has 5 nitrogen and oxygen atoms in total. The first-order chi connectivity index (χ1) is 12.2. The van der Waals surface area contributed by atoms with Gasteiger partial charge in [0, 0.05) is 32.4 Å². The number of likely N-dealkylation sites (tertiary alicyclic amines) is 1. The highest BCUT2D eigenvalue weighted by Crippen LogP contribution is 2.21. The normalized spacial score (nSPS) is 17.8. The van der Waals surface area contributed by atoms with Crippen molar-refractivity contribution < 1.29 is 4.79 Å². The summed E-state index contributed by atoms with van der Waals surface area (Å²) in [5.74, 6) is 0.666. The lowest BCUT2D eigenvalue weighted by atomic mass is 10.1. The summed E-state index contributed by atoms with van der Waals surface area (Å²) in [4.78, 5) is 14.8. The van der Waals surface area contributed by atoms with Crippen LogP contribution in [0.15, 0.2) is 36.5 Å². The van der Waals surface area contributed by atoms with Crippen LogP contribution in [0, 0.1) is 12.8 Å². The maximum absolute atomic E-state index is 12.3. The molecule has 0 unspecified atom stereocenters. The Bertz CT molecular complexity index is 695. The molecule has 0 bridgehead atoms. The van der Waals surface area contributed by atoms with E-state index in [1.807, 2.05) is 24.7 Å². The van der Waals surface area contributed by atoms with Crippen LogP contribution in [0.3, 0.4) is 0 Å². The summed E-state index contributed by atoms with van der Waals surface area (Å²) in [6.45, 7) is 8.73. The van der Waals surface area contributed by atoms with Gasteiger partial charge in [0.15, 0.2) is 0 Å². The first kappa shape index (κ1) is 17.7. The van der Waals surface area contributed by atoms with Gasteiger partial charge >= 0.3 is 0 Å². The predicted octanol–water partition coefficient (Wildman–Crippen LogP) is 2.85. The summed E-state index contributed by atoms with van der Waals surface area (Å²) < 4.78 is 1.81. The zero-order chi connectivity index (χ0) is 17.6. The molecule has 1 fully saturated rings. The zero-order valence-corrected chi connectivity index (χ0v) is 15.2. The second-order valence-corrected chi connectivity index (χ2v) is 6.90. The van der Waals surface area contributed by atoms with E-state index in [9.17, 15) is 4.79 Å². The number of aryl methyl sites for hydroxylation is 2. The van der Waals surface area contributed by atoms with E-state index in [2.05, 4.69) is 45.6 Å².